The molecule has 0 spiro atoms. The van der Waals surface area contributed by atoms with Crippen LogP contribution in [0.15, 0.2) is 45.1 Å². The quantitative estimate of drug-likeness (QED) is 0.662. The van der Waals surface area contributed by atoms with E-state index in [0.717, 1.165) is 25.3 Å². The number of likely N-dealkylation sites (N-methyl/N-ethyl adjacent to an activating group) is 1. The highest BCUT2D eigenvalue weighted by molar-refractivity contribution is 9.10. The van der Waals surface area contributed by atoms with Crippen LogP contribution in [-0.2, 0) is 0 Å². The molecular weight excluding hydrogens is 428 g/mol. The van der Waals surface area contributed by atoms with Crippen LogP contribution >= 0.6 is 27.3 Å². The predicted molar refractivity (Wildman–Crippen MR) is 112 cm³/mol. The van der Waals surface area contributed by atoms with E-state index in [4.69, 9.17) is 4.74 Å². The topological polar surface area (TPSA) is 58.9 Å². The highest BCUT2D eigenvalue weighted by atomic mass is 79.9. The van der Waals surface area contributed by atoms with Crippen LogP contribution in [0.1, 0.15) is 17.9 Å². The van der Waals surface area contributed by atoms with Crippen molar-refractivity contribution in [3.63, 3.8) is 0 Å². The van der Waals surface area contributed by atoms with Gasteiger partial charge in [0.05, 0.1) is 7.11 Å². The first-order valence-electron chi connectivity index (χ1n) is 8.79. The SMILES string of the molecule is COc1ccc(C2CC(Nc3nc4sccn4c(=O)c3Br)CN(C)C2)cc1. The summed E-state index contributed by atoms with van der Waals surface area (Å²) >= 11 is 4.88. The molecule has 0 aliphatic carbocycles. The molecule has 1 aliphatic heterocycles. The normalized spacial score (nSPS) is 20.7. The molecule has 0 amide bonds. The number of anilines is 1. The fourth-order valence-electron chi connectivity index (χ4n) is 3.69. The highest BCUT2D eigenvalue weighted by Crippen LogP contribution is 2.30. The number of nitrogens with zero attached hydrogens (tertiary/aromatic N) is 3. The number of hydrogen-bond donors (Lipinski definition) is 1. The van der Waals surface area contributed by atoms with Gasteiger partial charge in [0.1, 0.15) is 16.0 Å². The standard InChI is InChI=1S/C19H21BrN4O2S/c1-23-10-13(12-3-5-15(26-2)6-4-12)9-14(11-23)21-17-16(20)18(25)24-7-8-27-19(24)22-17/h3-8,13-14,21H,9-11H2,1-2H3. The van der Waals surface area contributed by atoms with Crippen molar-refractivity contribution in [3.8, 4) is 5.75 Å². The summed E-state index contributed by atoms with van der Waals surface area (Å²) in [6.45, 7) is 1.91. The van der Waals surface area contributed by atoms with Crippen LogP contribution in [0.4, 0.5) is 5.82 Å². The van der Waals surface area contributed by atoms with Gasteiger partial charge in [-0.3, -0.25) is 9.20 Å². The van der Waals surface area contributed by atoms with Crippen LogP contribution in [0.3, 0.4) is 0 Å². The van der Waals surface area contributed by atoms with Gasteiger partial charge in [-0.05, 0) is 53.0 Å². The van der Waals surface area contributed by atoms with E-state index in [1.54, 1.807) is 17.7 Å². The molecule has 0 bridgehead atoms. The third-order valence-electron chi connectivity index (χ3n) is 4.97. The van der Waals surface area contributed by atoms with Gasteiger partial charge in [0.25, 0.3) is 5.56 Å². The molecule has 3 aromatic rings. The molecule has 1 aromatic carbocycles. The number of hydrogen-bond acceptors (Lipinski definition) is 6. The number of halogens is 1. The average Bonchev–Trinajstić information content (AvgIpc) is 3.14. The summed E-state index contributed by atoms with van der Waals surface area (Å²) in [7, 11) is 3.81. The van der Waals surface area contributed by atoms with Crippen molar-refractivity contribution in [2.45, 2.75) is 18.4 Å². The molecule has 1 aliphatic rings. The fourth-order valence-corrected chi connectivity index (χ4v) is 4.79. The molecule has 2 atom stereocenters. The third-order valence-corrected chi connectivity index (χ3v) is 6.44. The Kier molecular flexibility index (Phi) is 5.21. The van der Waals surface area contributed by atoms with E-state index in [1.807, 2.05) is 17.5 Å². The maximum atomic E-state index is 12.5. The van der Waals surface area contributed by atoms with Crippen molar-refractivity contribution < 1.29 is 4.74 Å². The molecule has 142 valence electrons. The minimum absolute atomic E-state index is 0.0837. The molecule has 8 heteroatoms. The molecule has 2 aromatic heterocycles. The minimum Gasteiger partial charge on any atom is -0.497 e. The van der Waals surface area contributed by atoms with Crippen molar-refractivity contribution in [3.05, 3.63) is 56.2 Å². The molecule has 1 fully saturated rings. The molecule has 4 rings (SSSR count). The molecule has 2 unspecified atom stereocenters. The largest absolute Gasteiger partial charge is 0.497 e. The summed E-state index contributed by atoms with van der Waals surface area (Å²) in [5.41, 5.74) is 1.22. The summed E-state index contributed by atoms with van der Waals surface area (Å²) in [5, 5.41) is 5.36. The lowest BCUT2D eigenvalue weighted by atomic mass is 9.88. The minimum atomic E-state index is -0.0837. The first kappa shape index (κ1) is 18.5. The van der Waals surface area contributed by atoms with Gasteiger partial charge in [0.15, 0.2) is 4.96 Å². The van der Waals surface area contributed by atoms with Gasteiger partial charge in [-0.15, -0.1) is 11.3 Å². The Morgan fingerprint density at radius 1 is 1.30 bits per heavy atom. The fraction of sp³-hybridized carbons (Fsp3) is 0.368. The number of thiazole rings is 1. The first-order chi connectivity index (χ1) is 13.0. The number of nitrogens with one attached hydrogen (secondary N) is 1. The highest BCUT2D eigenvalue weighted by Gasteiger charge is 2.27. The lowest BCUT2D eigenvalue weighted by Crippen LogP contribution is -2.43. The monoisotopic (exact) mass is 448 g/mol. The Labute approximate surface area is 169 Å². The molecular formula is C19H21BrN4O2S. The summed E-state index contributed by atoms with van der Waals surface area (Å²) in [6, 6.07) is 8.50. The number of benzene rings is 1. The lowest BCUT2D eigenvalue weighted by Gasteiger charge is -2.36. The van der Waals surface area contributed by atoms with Crippen LogP contribution in [-0.4, -0.2) is 47.6 Å². The van der Waals surface area contributed by atoms with Crippen LogP contribution in [0.5, 0.6) is 5.75 Å². The van der Waals surface area contributed by atoms with Gasteiger partial charge < -0.3 is 15.0 Å². The van der Waals surface area contributed by atoms with Gasteiger partial charge >= 0.3 is 0 Å². The summed E-state index contributed by atoms with van der Waals surface area (Å²) in [5.74, 6) is 1.91. The molecule has 0 radical (unpaired) electrons. The van der Waals surface area contributed by atoms with E-state index < -0.39 is 0 Å². The zero-order valence-electron chi connectivity index (χ0n) is 15.2. The Morgan fingerprint density at radius 2 is 2.07 bits per heavy atom. The van der Waals surface area contributed by atoms with Crippen molar-refractivity contribution in [2.24, 2.45) is 0 Å². The number of aromatic nitrogens is 2. The van der Waals surface area contributed by atoms with E-state index in [-0.39, 0.29) is 11.6 Å². The van der Waals surface area contributed by atoms with E-state index >= 15 is 0 Å². The number of rotatable bonds is 4. The van der Waals surface area contributed by atoms with Gasteiger partial charge in [-0.1, -0.05) is 12.1 Å². The Morgan fingerprint density at radius 3 is 2.81 bits per heavy atom. The van der Waals surface area contributed by atoms with Crippen molar-refractivity contribution in [2.75, 3.05) is 32.6 Å². The second-order valence-corrected chi connectivity index (χ2v) is 8.57. The Balaban J connectivity index is 1.56. The van der Waals surface area contributed by atoms with E-state index in [0.29, 0.717) is 21.2 Å². The van der Waals surface area contributed by atoms with Crippen molar-refractivity contribution >= 4 is 38.0 Å². The van der Waals surface area contributed by atoms with Gasteiger partial charge in [-0.2, -0.15) is 0 Å². The number of likely N-dealkylation sites (tertiary alicyclic amines) is 1. The smallest absolute Gasteiger partial charge is 0.275 e. The first-order valence-corrected chi connectivity index (χ1v) is 10.5. The molecule has 1 N–H and O–H groups in total. The summed E-state index contributed by atoms with van der Waals surface area (Å²) < 4.78 is 7.31. The van der Waals surface area contributed by atoms with Crippen molar-refractivity contribution in [1.29, 1.82) is 0 Å². The lowest BCUT2D eigenvalue weighted by molar-refractivity contribution is 0.235. The van der Waals surface area contributed by atoms with E-state index in [1.165, 1.54) is 16.9 Å². The number of methoxy groups -OCH3 is 1. The Bertz CT molecular complexity index is 1000. The number of fused-ring (bicyclic) bond motifs is 1. The van der Waals surface area contributed by atoms with Gasteiger partial charge in [0, 0.05) is 30.7 Å². The second-order valence-electron chi connectivity index (χ2n) is 6.90. The zero-order chi connectivity index (χ0) is 19.0. The summed E-state index contributed by atoms with van der Waals surface area (Å²) in [6.07, 6.45) is 2.73. The van der Waals surface area contributed by atoms with Crippen molar-refractivity contribution in [1.82, 2.24) is 14.3 Å². The maximum Gasteiger partial charge on any atom is 0.275 e. The van der Waals surface area contributed by atoms with Crippen LogP contribution < -0.4 is 15.6 Å². The van der Waals surface area contributed by atoms with Crippen LogP contribution in [0.25, 0.3) is 4.96 Å². The van der Waals surface area contributed by atoms with E-state index in [9.17, 15) is 4.79 Å². The third kappa shape index (κ3) is 3.74. The second kappa shape index (κ2) is 7.61. The predicted octanol–water partition coefficient (Wildman–Crippen LogP) is 3.43. The number of ether oxygens (including phenoxy) is 1. The molecule has 0 saturated carbocycles. The molecule has 27 heavy (non-hydrogen) atoms. The Hall–Kier alpha value is -1.90. The van der Waals surface area contributed by atoms with Crippen LogP contribution in [0.2, 0.25) is 0 Å². The van der Waals surface area contributed by atoms with Gasteiger partial charge in [-0.25, -0.2) is 4.98 Å². The average molecular weight is 449 g/mol. The van der Waals surface area contributed by atoms with Gasteiger partial charge in [0.2, 0.25) is 0 Å². The maximum absolute atomic E-state index is 12.5. The zero-order valence-corrected chi connectivity index (χ0v) is 17.6. The summed E-state index contributed by atoms with van der Waals surface area (Å²) in [4.78, 5) is 20.1. The molecule has 6 nitrogen and oxygen atoms in total. The van der Waals surface area contributed by atoms with E-state index in [2.05, 4.69) is 50.3 Å². The number of piperidine rings is 1. The molecule has 3 heterocycles. The molecule has 1 saturated heterocycles. The van der Waals surface area contributed by atoms with Crippen LogP contribution in [0, 0.1) is 0 Å².